The number of hydrogen-bond acceptors (Lipinski definition) is 4. The molecule has 1 unspecified atom stereocenters. The molecule has 1 saturated heterocycles. The molecule has 1 aliphatic rings. The SMILES string of the molecule is Cn1ccnc1C(NC(=O)c1cccc(S(=O)(=O)N2CCCC2)c1)c1ccccc1F. The fourth-order valence-corrected chi connectivity index (χ4v) is 5.30. The van der Waals surface area contributed by atoms with Crippen LogP contribution >= 0.6 is 0 Å². The molecule has 1 atom stereocenters. The van der Waals surface area contributed by atoms with E-state index in [1.54, 1.807) is 42.2 Å². The van der Waals surface area contributed by atoms with Crippen molar-refractivity contribution in [2.75, 3.05) is 13.1 Å². The second kappa shape index (κ2) is 8.60. The molecule has 0 aliphatic carbocycles. The van der Waals surface area contributed by atoms with E-state index in [4.69, 9.17) is 0 Å². The fourth-order valence-electron chi connectivity index (χ4n) is 3.74. The molecule has 162 valence electrons. The summed E-state index contributed by atoms with van der Waals surface area (Å²) in [5.41, 5.74) is 0.446. The van der Waals surface area contributed by atoms with Crippen LogP contribution in [0.25, 0.3) is 0 Å². The predicted molar refractivity (Wildman–Crippen MR) is 113 cm³/mol. The third-order valence-electron chi connectivity index (χ3n) is 5.41. The van der Waals surface area contributed by atoms with Crippen molar-refractivity contribution in [2.24, 2.45) is 7.05 Å². The van der Waals surface area contributed by atoms with Crippen LogP contribution in [-0.2, 0) is 17.1 Å². The minimum atomic E-state index is -3.66. The van der Waals surface area contributed by atoms with E-state index in [0.717, 1.165) is 12.8 Å². The Hall–Kier alpha value is -3.04. The molecule has 1 amide bonds. The smallest absolute Gasteiger partial charge is 0.252 e. The molecule has 1 fully saturated rings. The molecule has 7 nitrogen and oxygen atoms in total. The van der Waals surface area contributed by atoms with Gasteiger partial charge in [-0.05, 0) is 37.1 Å². The second-order valence-corrected chi connectivity index (χ2v) is 9.40. The van der Waals surface area contributed by atoms with Crippen molar-refractivity contribution < 1.29 is 17.6 Å². The first-order chi connectivity index (χ1) is 14.9. The maximum atomic E-state index is 14.5. The van der Waals surface area contributed by atoms with Crippen LogP contribution in [0.5, 0.6) is 0 Å². The van der Waals surface area contributed by atoms with Crippen LogP contribution in [0.3, 0.4) is 0 Å². The number of halogens is 1. The molecule has 2 aromatic carbocycles. The standard InChI is InChI=1S/C22H23FN4O3S/c1-26-14-11-24-21(26)20(18-9-2-3-10-19(18)23)25-22(28)16-7-6-8-17(15-16)31(29,30)27-12-4-5-13-27/h2-3,6-11,14-15,20H,4-5,12-13H2,1H3,(H,25,28). The third kappa shape index (κ3) is 4.24. The van der Waals surface area contributed by atoms with Gasteiger partial charge < -0.3 is 9.88 Å². The lowest BCUT2D eigenvalue weighted by Gasteiger charge is -2.20. The average molecular weight is 443 g/mol. The van der Waals surface area contributed by atoms with Gasteiger partial charge in [0.15, 0.2) is 0 Å². The van der Waals surface area contributed by atoms with Crippen LogP contribution < -0.4 is 5.32 Å². The summed E-state index contributed by atoms with van der Waals surface area (Å²) in [6.45, 7) is 0.959. The molecule has 2 heterocycles. The second-order valence-electron chi connectivity index (χ2n) is 7.46. The van der Waals surface area contributed by atoms with E-state index in [1.165, 1.54) is 34.6 Å². The van der Waals surface area contributed by atoms with E-state index in [-0.39, 0.29) is 16.0 Å². The molecule has 0 bridgehead atoms. The lowest BCUT2D eigenvalue weighted by atomic mass is 10.0. The summed E-state index contributed by atoms with van der Waals surface area (Å²) in [5.74, 6) is -0.532. The van der Waals surface area contributed by atoms with E-state index < -0.39 is 27.8 Å². The van der Waals surface area contributed by atoms with E-state index in [1.807, 2.05) is 0 Å². The molecule has 1 aromatic heterocycles. The van der Waals surface area contributed by atoms with Gasteiger partial charge in [-0.15, -0.1) is 0 Å². The Labute approximate surface area is 180 Å². The van der Waals surface area contributed by atoms with Crippen molar-refractivity contribution in [3.63, 3.8) is 0 Å². The number of sulfonamides is 1. The number of rotatable bonds is 6. The zero-order valence-electron chi connectivity index (χ0n) is 17.0. The minimum Gasteiger partial charge on any atom is -0.338 e. The molecule has 1 N–H and O–H groups in total. The number of amides is 1. The Morgan fingerprint density at radius 1 is 1.13 bits per heavy atom. The highest BCUT2D eigenvalue weighted by Gasteiger charge is 2.28. The van der Waals surface area contributed by atoms with Crippen LogP contribution in [0.1, 0.15) is 40.6 Å². The number of imidazole rings is 1. The monoisotopic (exact) mass is 442 g/mol. The van der Waals surface area contributed by atoms with Gasteiger partial charge in [0.05, 0.1) is 4.90 Å². The van der Waals surface area contributed by atoms with E-state index >= 15 is 0 Å². The average Bonchev–Trinajstić information content (AvgIpc) is 3.45. The van der Waals surface area contributed by atoms with Crippen LogP contribution in [0.2, 0.25) is 0 Å². The fraction of sp³-hybridized carbons (Fsp3) is 0.273. The van der Waals surface area contributed by atoms with Crippen molar-refractivity contribution in [3.05, 3.63) is 83.7 Å². The Balaban J connectivity index is 1.66. The van der Waals surface area contributed by atoms with Gasteiger partial charge in [-0.1, -0.05) is 24.3 Å². The van der Waals surface area contributed by atoms with E-state index in [2.05, 4.69) is 10.3 Å². The lowest BCUT2D eigenvalue weighted by molar-refractivity contribution is 0.0940. The number of carbonyl (C=O) groups is 1. The van der Waals surface area contributed by atoms with Crippen LogP contribution in [0, 0.1) is 5.82 Å². The Bertz CT molecular complexity index is 1200. The summed E-state index contributed by atoms with van der Waals surface area (Å²) in [6.07, 6.45) is 4.93. The van der Waals surface area contributed by atoms with Crippen molar-refractivity contribution in [1.82, 2.24) is 19.2 Å². The highest BCUT2D eigenvalue weighted by Crippen LogP contribution is 2.25. The molecule has 0 spiro atoms. The van der Waals surface area contributed by atoms with Gasteiger partial charge in [0.25, 0.3) is 5.91 Å². The Morgan fingerprint density at radius 3 is 2.55 bits per heavy atom. The first-order valence-corrected chi connectivity index (χ1v) is 11.4. The van der Waals surface area contributed by atoms with E-state index in [9.17, 15) is 17.6 Å². The largest absolute Gasteiger partial charge is 0.338 e. The molecule has 1 aliphatic heterocycles. The van der Waals surface area contributed by atoms with Crippen molar-refractivity contribution in [1.29, 1.82) is 0 Å². The molecule has 9 heteroatoms. The number of benzene rings is 2. The normalized spacial score (nSPS) is 15.7. The topological polar surface area (TPSA) is 84.3 Å². The summed E-state index contributed by atoms with van der Waals surface area (Å²) in [6, 6.07) is 11.2. The molecule has 0 saturated carbocycles. The van der Waals surface area contributed by atoms with Gasteiger partial charge in [-0.2, -0.15) is 4.31 Å². The molecular weight excluding hydrogens is 419 g/mol. The zero-order valence-corrected chi connectivity index (χ0v) is 17.8. The number of aromatic nitrogens is 2. The summed E-state index contributed by atoms with van der Waals surface area (Å²) >= 11 is 0. The maximum Gasteiger partial charge on any atom is 0.252 e. The Morgan fingerprint density at radius 2 is 1.87 bits per heavy atom. The molecule has 3 aromatic rings. The molecule has 4 rings (SSSR count). The van der Waals surface area contributed by atoms with Crippen molar-refractivity contribution in [3.8, 4) is 0 Å². The number of nitrogens with one attached hydrogen (secondary N) is 1. The van der Waals surface area contributed by atoms with Gasteiger partial charge in [0, 0.05) is 43.7 Å². The molecule has 0 radical (unpaired) electrons. The number of hydrogen-bond donors (Lipinski definition) is 1. The number of nitrogens with zero attached hydrogens (tertiary/aromatic N) is 3. The summed E-state index contributed by atoms with van der Waals surface area (Å²) < 4.78 is 43.4. The van der Waals surface area contributed by atoms with Gasteiger partial charge in [-0.3, -0.25) is 4.79 Å². The number of aryl methyl sites for hydroxylation is 1. The molecular formula is C22H23FN4O3S. The first kappa shape index (κ1) is 21.2. The quantitative estimate of drug-likeness (QED) is 0.636. The summed E-state index contributed by atoms with van der Waals surface area (Å²) in [5, 5.41) is 2.81. The minimum absolute atomic E-state index is 0.0708. The van der Waals surface area contributed by atoms with Gasteiger partial charge in [-0.25, -0.2) is 17.8 Å². The highest BCUT2D eigenvalue weighted by molar-refractivity contribution is 7.89. The van der Waals surface area contributed by atoms with Crippen LogP contribution in [0.15, 0.2) is 65.8 Å². The highest BCUT2D eigenvalue weighted by atomic mass is 32.2. The zero-order chi connectivity index (χ0) is 22.0. The van der Waals surface area contributed by atoms with Crippen LogP contribution in [0.4, 0.5) is 4.39 Å². The van der Waals surface area contributed by atoms with Crippen LogP contribution in [-0.4, -0.2) is 41.3 Å². The predicted octanol–water partition coefficient (Wildman–Crippen LogP) is 2.86. The van der Waals surface area contributed by atoms with Crippen molar-refractivity contribution >= 4 is 15.9 Å². The van der Waals surface area contributed by atoms with Gasteiger partial charge >= 0.3 is 0 Å². The lowest BCUT2D eigenvalue weighted by Crippen LogP contribution is -2.32. The summed E-state index contributed by atoms with van der Waals surface area (Å²) in [7, 11) is -1.90. The van der Waals surface area contributed by atoms with E-state index in [0.29, 0.717) is 18.9 Å². The summed E-state index contributed by atoms with van der Waals surface area (Å²) in [4.78, 5) is 17.4. The Kier molecular flexibility index (Phi) is 5.88. The first-order valence-electron chi connectivity index (χ1n) is 10.0. The number of carbonyl (C=O) groups excluding carboxylic acids is 1. The van der Waals surface area contributed by atoms with Gasteiger partial charge in [0.2, 0.25) is 10.0 Å². The third-order valence-corrected chi connectivity index (χ3v) is 7.30. The van der Waals surface area contributed by atoms with Crippen molar-refractivity contribution in [2.45, 2.75) is 23.8 Å². The molecule has 31 heavy (non-hydrogen) atoms. The van der Waals surface area contributed by atoms with Gasteiger partial charge in [0.1, 0.15) is 17.7 Å². The maximum absolute atomic E-state index is 14.5.